The quantitative estimate of drug-likeness (QED) is 0.818. The molecule has 2 N–H and O–H groups in total. The molecule has 2 aliphatic rings. The monoisotopic (exact) mass is 345 g/mol. The van der Waals surface area contributed by atoms with Crippen molar-refractivity contribution in [2.75, 3.05) is 18.0 Å². The van der Waals surface area contributed by atoms with Crippen LogP contribution < -0.4 is 10.2 Å². The number of benzene rings is 1. The van der Waals surface area contributed by atoms with Gasteiger partial charge in [0.1, 0.15) is 12.6 Å². The molecule has 2 atom stereocenters. The fourth-order valence-corrected chi connectivity index (χ4v) is 3.38. The lowest BCUT2D eigenvalue weighted by molar-refractivity contribution is -0.126. The topological polar surface area (TPSA) is 89.9 Å². The summed E-state index contributed by atoms with van der Waals surface area (Å²) in [6.07, 6.45) is -0.538. The molecule has 7 nitrogen and oxygen atoms in total. The lowest BCUT2D eigenvalue weighted by Crippen LogP contribution is -2.50. The second-order valence-corrected chi connectivity index (χ2v) is 7.60. The molecule has 25 heavy (non-hydrogen) atoms. The van der Waals surface area contributed by atoms with Crippen LogP contribution in [0, 0.1) is 0 Å². The van der Waals surface area contributed by atoms with Gasteiger partial charge in [-0.3, -0.25) is 14.4 Å². The van der Waals surface area contributed by atoms with Crippen molar-refractivity contribution in [3.05, 3.63) is 29.8 Å². The van der Waals surface area contributed by atoms with E-state index in [0.29, 0.717) is 11.3 Å². The summed E-state index contributed by atoms with van der Waals surface area (Å²) in [5.41, 5.74) is 0.387. The highest BCUT2D eigenvalue weighted by molar-refractivity contribution is 6.12. The van der Waals surface area contributed by atoms with Crippen LogP contribution in [0.1, 0.15) is 37.6 Å². The highest BCUT2D eigenvalue weighted by Crippen LogP contribution is 2.32. The molecule has 0 unspecified atom stereocenters. The molecule has 0 spiro atoms. The zero-order chi connectivity index (χ0) is 18.4. The molecule has 7 heteroatoms. The second-order valence-electron chi connectivity index (χ2n) is 7.60. The minimum Gasteiger partial charge on any atom is -0.391 e. The Hall–Kier alpha value is -2.41. The van der Waals surface area contributed by atoms with Crippen LogP contribution in [0.5, 0.6) is 0 Å². The van der Waals surface area contributed by atoms with Crippen molar-refractivity contribution >= 4 is 23.4 Å². The Labute approximate surface area is 146 Å². The van der Waals surface area contributed by atoms with Gasteiger partial charge in [0.15, 0.2) is 0 Å². The van der Waals surface area contributed by atoms with Gasteiger partial charge in [0.05, 0.1) is 17.4 Å². The fraction of sp³-hybridized carbons (Fsp3) is 0.500. The summed E-state index contributed by atoms with van der Waals surface area (Å²) in [7, 11) is 0. The Morgan fingerprint density at radius 2 is 1.96 bits per heavy atom. The number of hydrogen-bond donors (Lipinski definition) is 2. The first kappa shape index (κ1) is 17.4. The normalized spacial score (nSPS) is 23.2. The SMILES string of the molecule is CC(C)(C)NC(=O)CN1C(=O)[C@@H]2C[C@H](O)CN2C(=O)c2ccccc21. The number of aliphatic hydroxyl groups excluding tert-OH is 1. The Bertz CT molecular complexity index is 725. The predicted molar refractivity (Wildman–Crippen MR) is 92.1 cm³/mol. The van der Waals surface area contributed by atoms with Crippen LogP contribution >= 0.6 is 0 Å². The Kier molecular flexibility index (Phi) is 4.28. The van der Waals surface area contributed by atoms with Gasteiger partial charge in [0.2, 0.25) is 11.8 Å². The number of amides is 3. The molecule has 2 aliphatic heterocycles. The van der Waals surface area contributed by atoms with Crippen molar-refractivity contribution in [3.63, 3.8) is 0 Å². The molecule has 1 aromatic rings. The minimum absolute atomic E-state index is 0.131. The third kappa shape index (κ3) is 3.37. The number of carbonyl (C=O) groups is 3. The van der Waals surface area contributed by atoms with Crippen LogP contribution in [0.3, 0.4) is 0 Å². The van der Waals surface area contributed by atoms with Gasteiger partial charge in [-0.25, -0.2) is 0 Å². The average Bonchev–Trinajstić information content (AvgIpc) is 2.88. The van der Waals surface area contributed by atoms with E-state index in [9.17, 15) is 19.5 Å². The predicted octanol–water partition coefficient (Wildman–Crippen LogP) is 0.523. The third-order valence-corrected chi connectivity index (χ3v) is 4.33. The molecule has 1 fully saturated rings. The first-order valence-electron chi connectivity index (χ1n) is 8.38. The van der Waals surface area contributed by atoms with Crippen LogP contribution in [0.4, 0.5) is 5.69 Å². The van der Waals surface area contributed by atoms with Crippen molar-refractivity contribution < 1.29 is 19.5 Å². The van der Waals surface area contributed by atoms with E-state index in [1.54, 1.807) is 24.3 Å². The molecular weight excluding hydrogens is 322 g/mol. The summed E-state index contributed by atoms with van der Waals surface area (Å²) in [5, 5.41) is 12.7. The standard InChI is InChI=1S/C18H23N3O4/c1-18(2,3)19-15(23)10-21-13-7-5-4-6-12(13)16(24)20-9-11(22)8-14(20)17(21)25/h4-7,11,14,22H,8-10H2,1-3H3,(H,19,23)/t11-,14-/m0/s1. The fourth-order valence-electron chi connectivity index (χ4n) is 3.38. The van der Waals surface area contributed by atoms with Crippen LogP contribution in [0.25, 0.3) is 0 Å². The maximum atomic E-state index is 13.0. The number of fused-ring (bicyclic) bond motifs is 2. The van der Waals surface area contributed by atoms with Crippen LogP contribution in [-0.2, 0) is 9.59 Å². The Morgan fingerprint density at radius 1 is 1.28 bits per heavy atom. The van der Waals surface area contributed by atoms with Crippen molar-refractivity contribution in [1.82, 2.24) is 10.2 Å². The maximum absolute atomic E-state index is 13.0. The zero-order valence-corrected chi connectivity index (χ0v) is 14.7. The molecule has 1 saturated heterocycles. The van der Waals surface area contributed by atoms with Gasteiger partial charge in [-0.2, -0.15) is 0 Å². The van der Waals surface area contributed by atoms with Gasteiger partial charge in [-0.05, 0) is 32.9 Å². The first-order chi connectivity index (χ1) is 11.7. The lowest BCUT2D eigenvalue weighted by atomic mass is 10.1. The summed E-state index contributed by atoms with van der Waals surface area (Å²) in [6, 6.07) is 6.04. The number of nitrogens with one attached hydrogen (secondary N) is 1. The summed E-state index contributed by atoms with van der Waals surface area (Å²) in [5.74, 6) is -0.918. The van der Waals surface area contributed by atoms with E-state index in [2.05, 4.69) is 5.32 Å². The van der Waals surface area contributed by atoms with E-state index < -0.39 is 17.7 Å². The average molecular weight is 345 g/mol. The van der Waals surface area contributed by atoms with E-state index in [-0.39, 0.29) is 37.2 Å². The van der Waals surface area contributed by atoms with Gasteiger partial charge < -0.3 is 20.2 Å². The molecular formula is C18H23N3O4. The molecule has 0 saturated carbocycles. The number of aliphatic hydroxyl groups is 1. The number of carbonyl (C=O) groups excluding carboxylic acids is 3. The summed E-state index contributed by atoms with van der Waals surface area (Å²) in [4.78, 5) is 41.0. The first-order valence-corrected chi connectivity index (χ1v) is 8.38. The van der Waals surface area contributed by atoms with Crippen molar-refractivity contribution in [2.24, 2.45) is 0 Å². The molecule has 0 bridgehead atoms. The Morgan fingerprint density at radius 3 is 2.64 bits per heavy atom. The molecule has 134 valence electrons. The number of hydrogen-bond acceptors (Lipinski definition) is 4. The molecule has 0 aliphatic carbocycles. The molecule has 1 aromatic carbocycles. The van der Waals surface area contributed by atoms with Gasteiger partial charge in [0, 0.05) is 18.5 Å². The maximum Gasteiger partial charge on any atom is 0.256 e. The van der Waals surface area contributed by atoms with E-state index in [4.69, 9.17) is 0 Å². The second kappa shape index (κ2) is 6.15. The van der Waals surface area contributed by atoms with Crippen LogP contribution in [0.2, 0.25) is 0 Å². The van der Waals surface area contributed by atoms with Crippen LogP contribution in [-0.4, -0.2) is 58.5 Å². The number of para-hydroxylation sites is 1. The minimum atomic E-state index is -0.739. The van der Waals surface area contributed by atoms with E-state index >= 15 is 0 Å². The van der Waals surface area contributed by atoms with Gasteiger partial charge in [0.25, 0.3) is 5.91 Å². The van der Waals surface area contributed by atoms with E-state index in [1.165, 1.54) is 9.80 Å². The highest BCUT2D eigenvalue weighted by atomic mass is 16.3. The van der Waals surface area contributed by atoms with Crippen molar-refractivity contribution in [2.45, 2.75) is 44.9 Å². The van der Waals surface area contributed by atoms with Gasteiger partial charge >= 0.3 is 0 Å². The summed E-state index contributed by atoms with van der Waals surface area (Å²) >= 11 is 0. The van der Waals surface area contributed by atoms with E-state index in [1.807, 2.05) is 20.8 Å². The number of nitrogens with zero attached hydrogens (tertiary/aromatic N) is 2. The van der Waals surface area contributed by atoms with Gasteiger partial charge in [-0.15, -0.1) is 0 Å². The Balaban J connectivity index is 1.98. The third-order valence-electron chi connectivity index (χ3n) is 4.33. The van der Waals surface area contributed by atoms with Crippen LogP contribution in [0.15, 0.2) is 24.3 Å². The largest absolute Gasteiger partial charge is 0.391 e. The lowest BCUT2D eigenvalue weighted by Gasteiger charge is -2.27. The molecule has 0 radical (unpaired) electrons. The zero-order valence-electron chi connectivity index (χ0n) is 14.7. The molecule has 3 amide bonds. The highest BCUT2D eigenvalue weighted by Gasteiger charge is 2.45. The van der Waals surface area contributed by atoms with E-state index in [0.717, 1.165) is 0 Å². The molecule has 3 rings (SSSR count). The summed E-state index contributed by atoms with van der Waals surface area (Å²) in [6.45, 7) is 5.55. The van der Waals surface area contributed by atoms with Gasteiger partial charge in [-0.1, -0.05) is 12.1 Å². The molecule has 2 heterocycles. The van der Waals surface area contributed by atoms with Crippen molar-refractivity contribution in [3.8, 4) is 0 Å². The number of anilines is 1. The summed E-state index contributed by atoms with van der Waals surface area (Å²) < 4.78 is 0. The smallest absolute Gasteiger partial charge is 0.256 e. The number of rotatable bonds is 2. The van der Waals surface area contributed by atoms with Crippen molar-refractivity contribution in [1.29, 1.82) is 0 Å². The molecule has 0 aromatic heterocycles.